The molecule has 0 atom stereocenters. The first kappa shape index (κ1) is 20.3. The highest BCUT2D eigenvalue weighted by Crippen LogP contribution is 2.31. The molecule has 0 bridgehead atoms. The molecular weight excluding hydrogens is 386 g/mol. The molecule has 0 aromatic heterocycles. The minimum Gasteiger partial charge on any atom is -0.311 e. The molecule has 0 spiro atoms. The van der Waals surface area contributed by atoms with Gasteiger partial charge in [-0.3, -0.25) is 14.6 Å². The van der Waals surface area contributed by atoms with Crippen molar-refractivity contribution in [1.82, 2.24) is 14.7 Å². The Labute approximate surface area is 184 Å². The van der Waals surface area contributed by atoms with Crippen molar-refractivity contribution in [1.29, 1.82) is 0 Å². The molecule has 2 heterocycles. The van der Waals surface area contributed by atoms with E-state index in [1.54, 1.807) is 4.90 Å². The summed E-state index contributed by atoms with van der Waals surface area (Å²) in [6.07, 6.45) is 6.22. The molecule has 2 aromatic rings. The predicted molar refractivity (Wildman–Crippen MR) is 121 cm³/mol. The minimum absolute atomic E-state index is 0.0554. The van der Waals surface area contributed by atoms with Crippen molar-refractivity contribution in [2.45, 2.75) is 45.2 Å². The van der Waals surface area contributed by atoms with Crippen molar-refractivity contribution in [3.8, 4) is 11.1 Å². The Morgan fingerprint density at radius 2 is 1.58 bits per heavy atom. The molecule has 2 aliphatic heterocycles. The third-order valence-electron chi connectivity index (χ3n) is 6.76. The Hall–Kier alpha value is -2.66. The first-order chi connectivity index (χ1) is 15.2. The van der Waals surface area contributed by atoms with E-state index in [4.69, 9.17) is 0 Å². The normalized spacial score (nSPS) is 20.0. The van der Waals surface area contributed by atoms with Gasteiger partial charge in [-0.2, -0.15) is 0 Å². The smallest absolute Gasteiger partial charge is 0.311 e. The highest BCUT2D eigenvalue weighted by atomic mass is 16.2. The summed E-state index contributed by atoms with van der Waals surface area (Å²) >= 11 is 0. The molecule has 162 valence electrons. The van der Waals surface area contributed by atoms with Crippen LogP contribution in [0.3, 0.4) is 0 Å². The van der Waals surface area contributed by atoms with Crippen LogP contribution in [-0.2, 0) is 17.9 Å². The number of carbonyl (C=O) groups excluding carboxylic acids is 2. The van der Waals surface area contributed by atoms with Crippen LogP contribution in [0.2, 0.25) is 0 Å². The summed E-state index contributed by atoms with van der Waals surface area (Å²) < 4.78 is 0. The van der Waals surface area contributed by atoms with E-state index in [9.17, 15) is 9.59 Å². The van der Waals surface area contributed by atoms with E-state index >= 15 is 0 Å². The topological polar surface area (TPSA) is 43.9 Å². The zero-order chi connectivity index (χ0) is 21.2. The van der Waals surface area contributed by atoms with Crippen LogP contribution in [0.25, 0.3) is 11.1 Å². The molecule has 2 saturated heterocycles. The van der Waals surface area contributed by atoms with Crippen molar-refractivity contribution in [2.75, 3.05) is 26.2 Å². The molecular formula is C26H31N3O2. The molecule has 5 nitrogen and oxygen atoms in total. The van der Waals surface area contributed by atoms with E-state index in [-0.39, 0.29) is 18.5 Å². The number of imide groups is 1. The second kappa shape index (κ2) is 8.83. The first-order valence-corrected chi connectivity index (χ1v) is 11.7. The second-order valence-corrected chi connectivity index (χ2v) is 9.28. The van der Waals surface area contributed by atoms with E-state index < -0.39 is 0 Å². The molecule has 1 aliphatic carbocycles. The number of piperidine rings is 1. The summed E-state index contributed by atoms with van der Waals surface area (Å²) in [5, 5.41) is 0. The standard InChI is InChI=1S/C26H31N3O2/c30-25-19-28(26(31)29(25)17-21-8-9-21)16-20-10-12-22(13-11-20)24-7-3-2-6-23(24)18-27-14-4-1-5-15-27/h2-3,6-7,10-13,21H,1,4-5,8-9,14-19H2. The number of benzene rings is 2. The number of amides is 3. The number of hydrogen-bond acceptors (Lipinski definition) is 3. The second-order valence-electron chi connectivity index (χ2n) is 9.28. The summed E-state index contributed by atoms with van der Waals surface area (Å²) in [6, 6.07) is 17.0. The molecule has 31 heavy (non-hydrogen) atoms. The zero-order valence-corrected chi connectivity index (χ0v) is 18.1. The lowest BCUT2D eigenvalue weighted by molar-refractivity contribution is -0.125. The third-order valence-corrected chi connectivity index (χ3v) is 6.76. The van der Waals surface area contributed by atoms with Crippen LogP contribution in [0, 0.1) is 5.92 Å². The Kier molecular flexibility index (Phi) is 5.77. The maximum absolute atomic E-state index is 12.6. The summed E-state index contributed by atoms with van der Waals surface area (Å²) in [6.45, 7) is 4.66. The van der Waals surface area contributed by atoms with Gasteiger partial charge in [0.1, 0.15) is 6.54 Å². The number of nitrogens with zero attached hydrogens (tertiary/aromatic N) is 3. The maximum atomic E-state index is 12.6. The summed E-state index contributed by atoms with van der Waals surface area (Å²) in [7, 11) is 0. The Bertz CT molecular complexity index is 945. The number of rotatable bonds is 7. The van der Waals surface area contributed by atoms with E-state index in [2.05, 4.69) is 53.4 Å². The molecule has 1 saturated carbocycles. The van der Waals surface area contributed by atoms with Gasteiger partial charge in [0.05, 0.1) is 0 Å². The molecule has 0 N–H and O–H groups in total. The van der Waals surface area contributed by atoms with Crippen LogP contribution in [0.15, 0.2) is 48.5 Å². The summed E-state index contributed by atoms with van der Waals surface area (Å²) in [4.78, 5) is 30.6. The van der Waals surface area contributed by atoms with Gasteiger partial charge < -0.3 is 4.90 Å². The van der Waals surface area contributed by atoms with E-state index in [0.29, 0.717) is 19.0 Å². The Morgan fingerprint density at radius 1 is 0.839 bits per heavy atom. The van der Waals surface area contributed by atoms with Gasteiger partial charge in [0.15, 0.2) is 0 Å². The van der Waals surface area contributed by atoms with Crippen molar-refractivity contribution < 1.29 is 9.59 Å². The highest BCUT2D eigenvalue weighted by Gasteiger charge is 2.39. The van der Waals surface area contributed by atoms with Crippen LogP contribution in [-0.4, -0.2) is 52.8 Å². The average Bonchev–Trinajstić information content (AvgIpc) is 3.58. The van der Waals surface area contributed by atoms with Gasteiger partial charge in [-0.1, -0.05) is 55.0 Å². The lowest BCUT2D eigenvalue weighted by Gasteiger charge is -2.27. The molecule has 3 amide bonds. The van der Waals surface area contributed by atoms with E-state index in [1.165, 1.54) is 53.9 Å². The molecule has 0 unspecified atom stereocenters. The molecule has 2 aromatic carbocycles. The van der Waals surface area contributed by atoms with Gasteiger partial charge in [0, 0.05) is 19.6 Å². The van der Waals surface area contributed by atoms with Crippen molar-refractivity contribution in [2.24, 2.45) is 5.92 Å². The molecule has 0 radical (unpaired) electrons. The monoisotopic (exact) mass is 417 g/mol. The quantitative estimate of drug-likeness (QED) is 0.623. The summed E-state index contributed by atoms with van der Waals surface area (Å²) in [5.74, 6) is 0.470. The largest absolute Gasteiger partial charge is 0.327 e. The van der Waals surface area contributed by atoms with Gasteiger partial charge in [0.2, 0.25) is 5.91 Å². The predicted octanol–water partition coefficient (Wildman–Crippen LogP) is 4.51. The van der Waals surface area contributed by atoms with Crippen molar-refractivity contribution in [3.05, 3.63) is 59.7 Å². The minimum atomic E-state index is -0.132. The maximum Gasteiger partial charge on any atom is 0.327 e. The van der Waals surface area contributed by atoms with Crippen LogP contribution in [0.1, 0.15) is 43.2 Å². The average molecular weight is 418 g/mol. The van der Waals surface area contributed by atoms with Gasteiger partial charge in [-0.15, -0.1) is 0 Å². The fourth-order valence-electron chi connectivity index (χ4n) is 4.76. The number of likely N-dealkylation sites (tertiary alicyclic amines) is 1. The fourth-order valence-corrected chi connectivity index (χ4v) is 4.76. The molecule has 3 aliphatic rings. The Morgan fingerprint density at radius 3 is 2.32 bits per heavy atom. The van der Waals surface area contributed by atoms with Gasteiger partial charge in [0.25, 0.3) is 0 Å². The van der Waals surface area contributed by atoms with Gasteiger partial charge in [-0.05, 0) is 66.9 Å². The lowest BCUT2D eigenvalue weighted by Crippen LogP contribution is -2.34. The van der Waals surface area contributed by atoms with Crippen LogP contribution in [0.5, 0.6) is 0 Å². The highest BCUT2D eigenvalue weighted by molar-refractivity contribution is 6.02. The number of urea groups is 1. The Balaban J connectivity index is 1.26. The third kappa shape index (κ3) is 4.67. The van der Waals surface area contributed by atoms with Crippen LogP contribution >= 0.6 is 0 Å². The summed E-state index contributed by atoms with van der Waals surface area (Å²) in [5.41, 5.74) is 4.91. The van der Waals surface area contributed by atoms with Crippen LogP contribution < -0.4 is 0 Å². The van der Waals surface area contributed by atoms with Crippen molar-refractivity contribution >= 4 is 11.9 Å². The molecule has 3 fully saturated rings. The first-order valence-electron chi connectivity index (χ1n) is 11.7. The van der Waals surface area contributed by atoms with E-state index in [0.717, 1.165) is 24.9 Å². The number of carbonyl (C=O) groups is 2. The van der Waals surface area contributed by atoms with Crippen LogP contribution in [0.4, 0.5) is 4.79 Å². The van der Waals surface area contributed by atoms with Crippen molar-refractivity contribution in [3.63, 3.8) is 0 Å². The van der Waals surface area contributed by atoms with Gasteiger partial charge in [-0.25, -0.2) is 4.79 Å². The van der Waals surface area contributed by atoms with E-state index in [1.807, 2.05) is 0 Å². The SMILES string of the molecule is O=C1CN(Cc2ccc(-c3ccccc3CN3CCCCC3)cc2)C(=O)N1CC1CC1. The zero-order valence-electron chi connectivity index (χ0n) is 18.1. The van der Waals surface area contributed by atoms with Gasteiger partial charge >= 0.3 is 6.03 Å². The number of hydrogen-bond donors (Lipinski definition) is 0. The molecule has 5 heteroatoms. The fraction of sp³-hybridized carbons (Fsp3) is 0.462. The lowest BCUT2D eigenvalue weighted by atomic mass is 9.97. The molecule has 5 rings (SSSR count).